The molecule has 0 aromatic heterocycles. The predicted molar refractivity (Wildman–Crippen MR) is 75.1 cm³/mol. The van der Waals surface area contributed by atoms with Gasteiger partial charge in [0, 0.05) is 25.1 Å². The average molecular weight is 334 g/mol. The third-order valence-electron chi connectivity index (χ3n) is 2.66. The fourth-order valence-corrected chi connectivity index (χ4v) is 1.63. The zero-order chi connectivity index (χ0) is 17.3. The second kappa shape index (κ2) is 8.86. The van der Waals surface area contributed by atoms with Crippen molar-refractivity contribution >= 4 is 12.0 Å². The molecule has 0 aliphatic rings. The van der Waals surface area contributed by atoms with Gasteiger partial charge in [0.15, 0.2) is 6.61 Å². The highest BCUT2D eigenvalue weighted by Gasteiger charge is 2.28. The summed E-state index contributed by atoms with van der Waals surface area (Å²) >= 11 is 0. The van der Waals surface area contributed by atoms with Crippen LogP contribution in [0.2, 0.25) is 0 Å². The highest BCUT2D eigenvalue weighted by Crippen LogP contribution is 2.21. The smallest absolute Gasteiger partial charge is 0.422 e. The molecule has 1 aromatic rings. The van der Waals surface area contributed by atoms with Gasteiger partial charge in [0.05, 0.1) is 0 Å². The Kier molecular flexibility index (Phi) is 7.17. The Bertz CT molecular complexity index is 535. The number of rotatable bonds is 8. The van der Waals surface area contributed by atoms with Crippen LogP contribution in [0.5, 0.6) is 5.75 Å². The lowest BCUT2D eigenvalue weighted by atomic mass is 10.2. The van der Waals surface area contributed by atoms with Crippen LogP contribution in [-0.4, -0.2) is 36.4 Å². The minimum Gasteiger partial charge on any atom is -0.484 e. The van der Waals surface area contributed by atoms with Gasteiger partial charge in [0.1, 0.15) is 5.75 Å². The van der Waals surface area contributed by atoms with E-state index in [1.54, 1.807) is 6.07 Å². The van der Waals surface area contributed by atoms with Crippen LogP contribution >= 0.6 is 0 Å². The molecular formula is C14H17F3N2O4. The summed E-state index contributed by atoms with van der Waals surface area (Å²) in [7, 11) is 0. The maximum Gasteiger partial charge on any atom is 0.422 e. The van der Waals surface area contributed by atoms with E-state index in [2.05, 4.69) is 10.6 Å². The van der Waals surface area contributed by atoms with Gasteiger partial charge < -0.3 is 20.5 Å². The molecule has 0 heterocycles. The minimum absolute atomic E-state index is 0.0151. The molecule has 1 aromatic carbocycles. The van der Waals surface area contributed by atoms with E-state index in [1.165, 1.54) is 18.2 Å². The number of carbonyl (C=O) groups excluding carboxylic acids is 1. The molecule has 0 radical (unpaired) electrons. The number of ether oxygens (including phenoxy) is 1. The lowest BCUT2D eigenvalue weighted by Crippen LogP contribution is -2.35. The second-order valence-electron chi connectivity index (χ2n) is 4.62. The summed E-state index contributed by atoms with van der Waals surface area (Å²) in [6.45, 7) is -1.24. The second-order valence-corrected chi connectivity index (χ2v) is 4.62. The first-order valence-corrected chi connectivity index (χ1v) is 6.79. The van der Waals surface area contributed by atoms with Gasteiger partial charge in [-0.2, -0.15) is 13.2 Å². The Morgan fingerprint density at radius 2 is 1.87 bits per heavy atom. The molecule has 0 saturated carbocycles. The van der Waals surface area contributed by atoms with Crippen LogP contribution in [0, 0.1) is 0 Å². The molecular weight excluding hydrogens is 317 g/mol. The number of carbonyl (C=O) groups is 2. The monoisotopic (exact) mass is 334 g/mol. The van der Waals surface area contributed by atoms with Crippen LogP contribution in [0.15, 0.2) is 24.3 Å². The largest absolute Gasteiger partial charge is 0.484 e. The van der Waals surface area contributed by atoms with Gasteiger partial charge in [0.25, 0.3) is 0 Å². The molecule has 0 spiro atoms. The van der Waals surface area contributed by atoms with Crippen molar-refractivity contribution in [3.63, 3.8) is 0 Å². The molecule has 0 bridgehead atoms. The van der Waals surface area contributed by atoms with Crippen molar-refractivity contribution in [2.75, 3.05) is 13.2 Å². The molecule has 0 fully saturated rings. The zero-order valence-corrected chi connectivity index (χ0v) is 12.2. The predicted octanol–water partition coefficient (Wildman–Crippen LogP) is 2.29. The highest BCUT2D eigenvalue weighted by atomic mass is 19.4. The first-order valence-electron chi connectivity index (χ1n) is 6.79. The Labute approximate surface area is 130 Å². The van der Waals surface area contributed by atoms with Crippen molar-refractivity contribution in [1.29, 1.82) is 0 Å². The summed E-state index contributed by atoms with van der Waals surface area (Å²) in [5.41, 5.74) is 0.400. The maximum absolute atomic E-state index is 12.2. The molecule has 0 saturated heterocycles. The summed E-state index contributed by atoms with van der Waals surface area (Å²) in [6.07, 6.45) is -4.22. The third-order valence-corrected chi connectivity index (χ3v) is 2.66. The number of para-hydroxylation sites is 1. The van der Waals surface area contributed by atoms with E-state index in [0.29, 0.717) is 5.56 Å². The normalized spacial score (nSPS) is 10.9. The van der Waals surface area contributed by atoms with Crippen molar-refractivity contribution < 1.29 is 32.6 Å². The lowest BCUT2D eigenvalue weighted by Gasteiger charge is -2.13. The standard InChI is InChI=1S/C14H17F3N2O4/c15-14(16,17)9-23-11-5-2-1-4-10(11)8-19-13(22)18-7-3-6-12(20)21/h1-2,4-5H,3,6-9H2,(H,20,21)(H2,18,19,22). The number of hydrogen-bond acceptors (Lipinski definition) is 3. The number of carboxylic acid groups (broad SMARTS) is 1. The van der Waals surface area contributed by atoms with Crippen LogP contribution in [-0.2, 0) is 11.3 Å². The molecule has 1 rings (SSSR count). The molecule has 6 nitrogen and oxygen atoms in total. The summed E-state index contributed by atoms with van der Waals surface area (Å²) in [5, 5.41) is 13.4. The summed E-state index contributed by atoms with van der Waals surface area (Å²) in [5.74, 6) is -0.918. The van der Waals surface area contributed by atoms with E-state index < -0.39 is 24.8 Å². The Hall–Kier alpha value is -2.45. The number of halogens is 3. The zero-order valence-electron chi connectivity index (χ0n) is 12.2. The Morgan fingerprint density at radius 3 is 2.52 bits per heavy atom. The molecule has 0 aliphatic carbocycles. The lowest BCUT2D eigenvalue weighted by molar-refractivity contribution is -0.153. The number of benzene rings is 1. The summed E-state index contributed by atoms with van der Waals surface area (Å²) < 4.78 is 41.2. The maximum atomic E-state index is 12.2. The number of aliphatic carboxylic acids is 1. The number of nitrogens with one attached hydrogen (secondary N) is 2. The van der Waals surface area contributed by atoms with Gasteiger partial charge in [-0.05, 0) is 12.5 Å². The fraction of sp³-hybridized carbons (Fsp3) is 0.429. The fourth-order valence-electron chi connectivity index (χ4n) is 1.63. The Balaban J connectivity index is 2.42. The quantitative estimate of drug-likeness (QED) is 0.637. The van der Waals surface area contributed by atoms with E-state index in [4.69, 9.17) is 9.84 Å². The van der Waals surface area contributed by atoms with Gasteiger partial charge in [-0.3, -0.25) is 4.79 Å². The molecule has 128 valence electrons. The van der Waals surface area contributed by atoms with Crippen LogP contribution in [0.4, 0.5) is 18.0 Å². The minimum atomic E-state index is -4.44. The first kappa shape index (κ1) is 18.6. The number of alkyl halides is 3. The summed E-state index contributed by atoms with van der Waals surface area (Å²) in [4.78, 5) is 21.8. The SMILES string of the molecule is O=C(O)CCCNC(=O)NCc1ccccc1OCC(F)(F)F. The van der Waals surface area contributed by atoms with E-state index in [0.717, 1.165) is 0 Å². The number of urea groups is 1. The van der Waals surface area contributed by atoms with E-state index in [9.17, 15) is 22.8 Å². The first-order chi connectivity index (χ1) is 10.8. The number of amides is 2. The molecule has 0 atom stereocenters. The van der Waals surface area contributed by atoms with E-state index in [-0.39, 0.29) is 31.7 Å². The molecule has 0 unspecified atom stereocenters. The third kappa shape index (κ3) is 8.54. The number of hydrogen-bond donors (Lipinski definition) is 3. The van der Waals surface area contributed by atoms with Crippen LogP contribution in [0.25, 0.3) is 0 Å². The molecule has 2 amide bonds. The van der Waals surface area contributed by atoms with E-state index >= 15 is 0 Å². The van der Waals surface area contributed by atoms with Gasteiger partial charge in [-0.15, -0.1) is 0 Å². The van der Waals surface area contributed by atoms with E-state index in [1.807, 2.05) is 0 Å². The topological polar surface area (TPSA) is 87.7 Å². The van der Waals surface area contributed by atoms with Crippen molar-refractivity contribution in [1.82, 2.24) is 10.6 Å². The van der Waals surface area contributed by atoms with Crippen molar-refractivity contribution in [3.05, 3.63) is 29.8 Å². The van der Waals surface area contributed by atoms with Gasteiger partial charge in [-0.25, -0.2) is 4.79 Å². The van der Waals surface area contributed by atoms with Crippen LogP contribution in [0.3, 0.4) is 0 Å². The molecule has 3 N–H and O–H groups in total. The van der Waals surface area contributed by atoms with Crippen molar-refractivity contribution in [2.24, 2.45) is 0 Å². The average Bonchev–Trinajstić information content (AvgIpc) is 2.47. The highest BCUT2D eigenvalue weighted by molar-refractivity contribution is 5.74. The van der Waals surface area contributed by atoms with Gasteiger partial charge in [-0.1, -0.05) is 18.2 Å². The van der Waals surface area contributed by atoms with Crippen molar-refractivity contribution in [3.8, 4) is 5.75 Å². The summed E-state index contributed by atoms with van der Waals surface area (Å²) in [6, 6.07) is 5.52. The molecule has 9 heteroatoms. The van der Waals surface area contributed by atoms with Crippen molar-refractivity contribution in [2.45, 2.75) is 25.6 Å². The Morgan fingerprint density at radius 1 is 1.17 bits per heavy atom. The number of carboxylic acids is 1. The molecule has 0 aliphatic heterocycles. The van der Waals surface area contributed by atoms with Crippen LogP contribution in [0.1, 0.15) is 18.4 Å². The van der Waals surface area contributed by atoms with Crippen LogP contribution < -0.4 is 15.4 Å². The molecule has 23 heavy (non-hydrogen) atoms. The van der Waals surface area contributed by atoms with Gasteiger partial charge in [0.2, 0.25) is 0 Å². The van der Waals surface area contributed by atoms with Gasteiger partial charge >= 0.3 is 18.2 Å².